The Labute approximate surface area is 123 Å². The molecule has 20 heavy (non-hydrogen) atoms. The summed E-state index contributed by atoms with van der Waals surface area (Å²) in [6, 6.07) is 8.66. The smallest absolute Gasteiger partial charge is 0.0101 e. The van der Waals surface area contributed by atoms with E-state index in [9.17, 15) is 0 Å². The third kappa shape index (κ3) is 2.41. The van der Waals surface area contributed by atoms with Crippen molar-refractivity contribution in [3.8, 4) is 0 Å². The molecule has 2 bridgehead atoms. The number of rotatable bonds is 2. The third-order valence-corrected chi connectivity index (χ3v) is 6.07. The Kier molecular flexibility index (Phi) is 3.34. The molecule has 108 valence electrons. The summed E-state index contributed by atoms with van der Waals surface area (Å²) in [7, 11) is 0. The van der Waals surface area contributed by atoms with Gasteiger partial charge in [-0.2, -0.15) is 0 Å². The van der Waals surface area contributed by atoms with Crippen LogP contribution in [0.25, 0.3) is 0 Å². The Hall–Kier alpha value is -0.820. The minimum Gasteiger partial charge on any atom is -0.311 e. The van der Waals surface area contributed by atoms with Crippen LogP contribution >= 0.6 is 0 Å². The summed E-state index contributed by atoms with van der Waals surface area (Å²) in [5.41, 5.74) is 4.64. The molecular weight excluding hydrogens is 242 g/mol. The quantitative estimate of drug-likeness (QED) is 0.800. The maximum Gasteiger partial charge on any atom is 0.0101 e. The van der Waals surface area contributed by atoms with Crippen LogP contribution in [0.2, 0.25) is 0 Å². The lowest BCUT2D eigenvalue weighted by molar-refractivity contribution is 0.304. The van der Waals surface area contributed by atoms with Gasteiger partial charge in [-0.15, -0.1) is 0 Å². The number of hydrogen-bond acceptors (Lipinski definition) is 1. The van der Waals surface area contributed by atoms with Crippen molar-refractivity contribution in [1.29, 1.82) is 0 Å². The first kappa shape index (κ1) is 12.9. The molecule has 1 aromatic rings. The van der Waals surface area contributed by atoms with Crippen LogP contribution in [0.3, 0.4) is 0 Å². The predicted molar refractivity (Wildman–Crippen MR) is 84.0 cm³/mol. The van der Waals surface area contributed by atoms with Crippen LogP contribution in [-0.4, -0.2) is 12.1 Å². The van der Waals surface area contributed by atoms with Crippen molar-refractivity contribution in [3.63, 3.8) is 0 Å². The minimum atomic E-state index is 0.757. The third-order valence-electron chi connectivity index (χ3n) is 6.07. The van der Waals surface area contributed by atoms with Crippen LogP contribution in [0.1, 0.15) is 55.2 Å². The SMILES string of the molecule is Cc1ccc2c(c1)CCC(NC1CC3CCC1C3)CC2. The van der Waals surface area contributed by atoms with E-state index < -0.39 is 0 Å². The topological polar surface area (TPSA) is 12.0 Å². The van der Waals surface area contributed by atoms with Gasteiger partial charge in [0.1, 0.15) is 0 Å². The normalized spacial score (nSPS) is 35.9. The second kappa shape index (κ2) is 5.18. The maximum atomic E-state index is 4.04. The number of fused-ring (bicyclic) bond motifs is 3. The van der Waals surface area contributed by atoms with Crippen molar-refractivity contribution < 1.29 is 0 Å². The van der Waals surface area contributed by atoms with Crippen LogP contribution < -0.4 is 5.32 Å². The molecule has 0 radical (unpaired) electrons. The standard InChI is InChI=1S/C19H27N/c1-13-2-4-15-6-8-18(9-7-16(15)10-13)20-19-12-14-3-5-17(19)11-14/h2,4,10,14,17-20H,3,5-9,11-12H2,1H3. The van der Waals surface area contributed by atoms with E-state index in [1.807, 2.05) is 0 Å². The lowest BCUT2D eigenvalue weighted by Crippen LogP contribution is -2.41. The molecular formula is C19H27N. The highest BCUT2D eigenvalue weighted by molar-refractivity contribution is 5.32. The van der Waals surface area contributed by atoms with E-state index in [1.54, 1.807) is 11.1 Å². The van der Waals surface area contributed by atoms with Crippen LogP contribution in [0, 0.1) is 18.8 Å². The Morgan fingerprint density at radius 1 is 0.950 bits per heavy atom. The van der Waals surface area contributed by atoms with Crippen LogP contribution in [-0.2, 0) is 12.8 Å². The average Bonchev–Trinajstić information content (AvgIpc) is 3.00. The molecule has 0 spiro atoms. The Balaban J connectivity index is 1.40. The van der Waals surface area contributed by atoms with E-state index in [0.717, 1.165) is 23.9 Å². The van der Waals surface area contributed by atoms with Gasteiger partial charge in [-0.05, 0) is 74.8 Å². The van der Waals surface area contributed by atoms with Gasteiger partial charge in [0.05, 0.1) is 0 Å². The average molecular weight is 269 g/mol. The van der Waals surface area contributed by atoms with Gasteiger partial charge in [0.15, 0.2) is 0 Å². The second-order valence-corrected chi connectivity index (χ2v) is 7.49. The van der Waals surface area contributed by atoms with Crippen molar-refractivity contribution in [1.82, 2.24) is 5.32 Å². The number of nitrogens with one attached hydrogen (secondary N) is 1. The maximum absolute atomic E-state index is 4.04. The molecule has 4 atom stereocenters. The molecule has 4 rings (SSSR count). The Morgan fingerprint density at radius 3 is 2.55 bits per heavy atom. The molecule has 3 aliphatic rings. The highest BCUT2D eigenvalue weighted by Crippen LogP contribution is 2.44. The van der Waals surface area contributed by atoms with Crippen molar-refractivity contribution in [2.45, 2.75) is 70.4 Å². The molecule has 0 amide bonds. The van der Waals surface area contributed by atoms with Gasteiger partial charge >= 0.3 is 0 Å². The molecule has 3 aliphatic carbocycles. The summed E-state index contributed by atoms with van der Waals surface area (Å²) >= 11 is 0. The summed E-state index contributed by atoms with van der Waals surface area (Å²) in [5, 5.41) is 4.04. The van der Waals surface area contributed by atoms with E-state index in [1.165, 1.54) is 56.9 Å². The largest absolute Gasteiger partial charge is 0.311 e. The van der Waals surface area contributed by atoms with E-state index in [0.29, 0.717) is 0 Å². The highest BCUT2D eigenvalue weighted by Gasteiger charge is 2.40. The zero-order valence-electron chi connectivity index (χ0n) is 12.7. The fraction of sp³-hybridized carbons (Fsp3) is 0.684. The first-order valence-corrected chi connectivity index (χ1v) is 8.62. The molecule has 1 N–H and O–H groups in total. The Bertz CT molecular complexity index is 493. The minimum absolute atomic E-state index is 0.757. The molecule has 1 nitrogen and oxygen atoms in total. The zero-order valence-corrected chi connectivity index (χ0v) is 12.7. The first-order valence-electron chi connectivity index (χ1n) is 8.62. The molecule has 4 unspecified atom stereocenters. The van der Waals surface area contributed by atoms with E-state index >= 15 is 0 Å². The van der Waals surface area contributed by atoms with E-state index in [-0.39, 0.29) is 0 Å². The van der Waals surface area contributed by atoms with Gasteiger partial charge in [0, 0.05) is 12.1 Å². The molecule has 1 heteroatoms. The summed E-state index contributed by atoms with van der Waals surface area (Å²) in [6.45, 7) is 2.22. The molecule has 2 saturated carbocycles. The molecule has 2 fully saturated rings. The predicted octanol–water partition coefficient (Wildman–Crippen LogP) is 4.02. The number of hydrogen-bond donors (Lipinski definition) is 1. The van der Waals surface area contributed by atoms with Crippen molar-refractivity contribution in [2.24, 2.45) is 11.8 Å². The lowest BCUT2D eigenvalue weighted by Gasteiger charge is -2.28. The fourth-order valence-electron chi connectivity index (χ4n) is 4.95. The van der Waals surface area contributed by atoms with E-state index in [4.69, 9.17) is 0 Å². The van der Waals surface area contributed by atoms with Gasteiger partial charge < -0.3 is 5.32 Å². The van der Waals surface area contributed by atoms with Crippen molar-refractivity contribution in [2.75, 3.05) is 0 Å². The molecule has 1 aromatic carbocycles. The van der Waals surface area contributed by atoms with Crippen molar-refractivity contribution >= 4 is 0 Å². The lowest BCUT2D eigenvalue weighted by atomic mass is 9.94. The van der Waals surface area contributed by atoms with Crippen LogP contribution in [0.4, 0.5) is 0 Å². The summed E-state index contributed by atoms with van der Waals surface area (Å²) in [6.07, 6.45) is 11.2. The molecule has 0 saturated heterocycles. The molecule has 0 aliphatic heterocycles. The van der Waals surface area contributed by atoms with Crippen molar-refractivity contribution in [3.05, 3.63) is 34.9 Å². The molecule has 0 heterocycles. The summed E-state index contributed by atoms with van der Waals surface area (Å²) < 4.78 is 0. The number of benzene rings is 1. The zero-order chi connectivity index (χ0) is 13.5. The van der Waals surface area contributed by atoms with Crippen LogP contribution in [0.15, 0.2) is 18.2 Å². The summed E-state index contributed by atoms with van der Waals surface area (Å²) in [5.74, 6) is 2.07. The summed E-state index contributed by atoms with van der Waals surface area (Å²) in [4.78, 5) is 0. The first-order chi connectivity index (χ1) is 9.78. The van der Waals surface area contributed by atoms with Gasteiger partial charge in [0.25, 0.3) is 0 Å². The van der Waals surface area contributed by atoms with Gasteiger partial charge in [0.2, 0.25) is 0 Å². The van der Waals surface area contributed by atoms with Gasteiger partial charge in [-0.1, -0.05) is 30.2 Å². The van der Waals surface area contributed by atoms with Gasteiger partial charge in [-0.25, -0.2) is 0 Å². The fourth-order valence-corrected chi connectivity index (χ4v) is 4.95. The van der Waals surface area contributed by atoms with Gasteiger partial charge in [-0.3, -0.25) is 0 Å². The van der Waals surface area contributed by atoms with Crippen LogP contribution in [0.5, 0.6) is 0 Å². The monoisotopic (exact) mass is 269 g/mol. The molecule has 0 aromatic heterocycles. The highest BCUT2D eigenvalue weighted by atomic mass is 15.0. The number of aryl methyl sites for hydroxylation is 3. The second-order valence-electron chi connectivity index (χ2n) is 7.49. The Morgan fingerprint density at radius 2 is 1.80 bits per heavy atom. The van der Waals surface area contributed by atoms with E-state index in [2.05, 4.69) is 30.4 Å².